The number of anilines is 1. The number of carboxylic acid groups (broad SMARTS) is 1. The summed E-state index contributed by atoms with van der Waals surface area (Å²) in [5.41, 5.74) is 1.47. The van der Waals surface area contributed by atoms with E-state index in [-0.39, 0.29) is 17.7 Å². The summed E-state index contributed by atoms with van der Waals surface area (Å²) in [6.45, 7) is 0. The van der Waals surface area contributed by atoms with Crippen molar-refractivity contribution in [3.05, 3.63) is 33.6 Å². The van der Waals surface area contributed by atoms with Gasteiger partial charge in [-0.05, 0) is 43.2 Å². The molecule has 2 aromatic rings. The van der Waals surface area contributed by atoms with Gasteiger partial charge in [0, 0.05) is 28.7 Å². The number of fused-ring (bicyclic) bond motifs is 2. The molecule has 2 saturated carbocycles. The Bertz CT molecular complexity index is 885. The first-order chi connectivity index (χ1) is 12.4. The number of nitrogens with zero attached hydrogens (tertiary/aromatic N) is 1. The molecule has 1 amide bonds. The minimum absolute atomic E-state index is 0.0591. The normalized spacial score (nSPS) is 26.8. The van der Waals surface area contributed by atoms with Crippen LogP contribution in [0.3, 0.4) is 0 Å². The second-order valence-electron chi connectivity index (χ2n) is 6.86. The highest BCUT2D eigenvalue weighted by Gasteiger charge is 2.51. The van der Waals surface area contributed by atoms with Crippen molar-refractivity contribution in [2.45, 2.75) is 19.3 Å². The number of hydrogen-bond acceptors (Lipinski definition) is 5. The average Bonchev–Trinajstić information content (AvgIpc) is 3.32. The zero-order valence-electron chi connectivity index (χ0n) is 13.6. The Kier molecular flexibility index (Phi) is 4.67. The SMILES string of the molecule is O=C(Nc1nc(-c2ccc(Cl)c(Cl)c2)cs1)[C@@H]1[C@@H]2CC[C@@H](C2)[C@@H]1C(=O)[O-]. The number of hydrogen-bond donors (Lipinski definition) is 1. The maximum Gasteiger partial charge on any atom is 0.230 e. The molecule has 2 fully saturated rings. The van der Waals surface area contributed by atoms with Crippen molar-refractivity contribution in [2.24, 2.45) is 23.7 Å². The number of aromatic nitrogens is 1. The average molecular weight is 410 g/mol. The second kappa shape index (κ2) is 6.83. The fourth-order valence-corrected chi connectivity index (χ4v) is 5.34. The molecule has 1 N–H and O–H groups in total. The largest absolute Gasteiger partial charge is 0.550 e. The monoisotopic (exact) mass is 409 g/mol. The molecule has 0 unspecified atom stereocenters. The first-order valence-electron chi connectivity index (χ1n) is 8.36. The van der Waals surface area contributed by atoms with Crippen molar-refractivity contribution in [1.29, 1.82) is 0 Å². The van der Waals surface area contributed by atoms with E-state index in [2.05, 4.69) is 10.3 Å². The van der Waals surface area contributed by atoms with E-state index in [1.54, 1.807) is 18.2 Å². The molecule has 8 heteroatoms. The molecule has 0 saturated heterocycles. The van der Waals surface area contributed by atoms with Crippen LogP contribution in [0.25, 0.3) is 11.3 Å². The lowest BCUT2D eigenvalue weighted by molar-refractivity contribution is -0.314. The van der Waals surface area contributed by atoms with Crippen molar-refractivity contribution >= 4 is 51.5 Å². The van der Waals surface area contributed by atoms with Gasteiger partial charge in [-0.25, -0.2) is 4.98 Å². The number of benzene rings is 1. The maximum absolute atomic E-state index is 12.7. The van der Waals surface area contributed by atoms with E-state index >= 15 is 0 Å². The van der Waals surface area contributed by atoms with Gasteiger partial charge in [0.1, 0.15) is 0 Å². The number of amides is 1. The second-order valence-corrected chi connectivity index (χ2v) is 8.53. The Hall–Kier alpha value is -1.63. The van der Waals surface area contributed by atoms with E-state index in [4.69, 9.17) is 23.2 Å². The van der Waals surface area contributed by atoms with Crippen LogP contribution >= 0.6 is 34.5 Å². The van der Waals surface area contributed by atoms with Gasteiger partial charge < -0.3 is 15.2 Å². The molecular formula is C18H15Cl2N2O3S-. The Morgan fingerprint density at radius 1 is 1.15 bits per heavy atom. The minimum Gasteiger partial charge on any atom is -0.550 e. The summed E-state index contributed by atoms with van der Waals surface area (Å²) in [4.78, 5) is 28.6. The van der Waals surface area contributed by atoms with Gasteiger partial charge in [0.05, 0.1) is 15.7 Å². The maximum atomic E-state index is 12.7. The summed E-state index contributed by atoms with van der Waals surface area (Å²) >= 11 is 13.2. The number of thiazole rings is 1. The third-order valence-electron chi connectivity index (χ3n) is 5.44. The lowest BCUT2D eigenvalue weighted by atomic mass is 9.79. The Labute approximate surface area is 164 Å². The lowest BCUT2D eigenvalue weighted by Crippen LogP contribution is -2.43. The van der Waals surface area contributed by atoms with Crippen molar-refractivity contribution in [3.63, 3.8) is 0 Å². The topological polar surface area (TPSA) is 82.1 Å². The molecule has 4 atom stereocenters. The van der Waals surface area contributed by atoms with Crippen LogP contribution in [0.2, 0.25) is 10.0 Å². The Balaban J connectivity index is 1.51. The summed E-state index contributed by atoms with van der Waals surface area (Å²) in [6.07, 6.45) is 2.56. The fourth-order valence-electron chi connectivity index (χ4n) is 4.32. The van der Waals surface area contributed by atoms with Gasteiger partial charge in [0.25, 0.3) is 0 Å². The molecule has 1 aromatic heterocycles. The van der Waals surface area contributed by atoms with E-state index in [1.807, 2.05) is 5.38 Å². The van der Waals surface area contributed by atoms with Crippen LogP contribution in [-0.4, -0.2) is 16.9 Å². The van der Waals surface area contributed by atoms with Crippen LogP contribution in [0.4, 0.5) is 5.13 Å². The molecule has 2 aliphatic carbocycles. The standard InChI is InChI=1S/C18H16Cl2N2O3S/c19-11-4-3-8(6-12(11)20)13-7-26-18(21-13)22-16(23)14-9-1-2-10(5-9)15(14)17(24)25/h3-4,6-7,9-10,14-15H,1-2,5H2,(H,24,25)(H,21,22,23)/p-1/t9-,10+,14-,15+/m1/s1. The zero-order valence-corrected chi connectivity index (χ0v) is 15.9. The van der Waals surface area contributed by atoms with Gasteiger partial charge in [-0.2, -0.15) is 0 Å². The van der Waals surface area contributed by atoms with Crippen molar-refractivity contribution in [1.82, 2.24) is 4.98 Å². The molecule has 0 radical (unpaired) electrons. The van der Waals surface area contributed by atoms with Crippen LogP contribution < -0.4 is 10.4 Å². The van der Waals surface area contributed by atoms with Gasteiger partial charge >= 0.3 is 0 Å². The van der Waals surface area contributed by atoms with E-state index in [0.717, 1.165) is 24.8 Å². The van der Waals surface area contributed by atoms with Crippen molar-refractivity contribution in [2.75, 3.05) is 5.32 Å². The van der Waals surface area contributed by atoms with Gasteiger partial charge in [0.2, 0.25) is 5.91 Å². The third-order valence-corrected chi connectivity index (χ3v) is 6.94. The first kappa shape index (κ1) is 17.8. The number of rotatable bonds is 4. The summed E-state index contributed by atoms with van der Waals surface area (Å²) in [5.74, 6) is -2.44. The number of halogens is 2. The molecular weight excluding hydrogens is 395 g/mol. The van der Waals surface area contributed by atoms with Crippen LogP contribution in [0.15, 0.2) is 23.6 Å². The molecule has 2 aliphatic rings. The third kappa shape index (κ3) is 3.10. The summed E-state index contributed by atoms with van der Waals surface area (Å²) in [7, 11) is 0. The molecule has 136 valence electrons. The highest BCUT2D eigenvalue weighted by Crippen LogP contribution is 2.52. The summed E-state index contributed by atoms with van der Waals surface area (Å²) < 4.78 is 0. The number of carboxylic acids is 1. The molecule has 5 nitrogen and oxygen atoms in total. The van der Waals surface area contributed by atoms with Crippen LogP contribution in [0.1, 0.15) is 19.3 Å². The number of nitrogens with one attached hydrogen (secondary N) is 1. The smallest absolute Gasteiger partial charge is 0.230 e. The number of carbonyl (C=O) groups is 2. The molecule has 26 heavy (non-hydrogen) atoms. The minimum atomic E-state index is -1.12. The number of aliphatic carboxylic acids is 1. The van der Waals surface area contributed by atoms with Crippen LogP contribution in [0, 0.1) is 23.7 Å². The zero-order chi connectivity index (χ0) is 18.4. The fraction of sp³-hybridized carbons (Fsp3) is 0.389. The molecule has 0 spiro atoms. The van der Waals surface area contributed by atoms with Crippen LogP contribution in [-0.2, 0) is 9.59 Å². The summed E-state index contributed by atoms with van der Waals surface area (Å²) in [5, 5.41) is 17.4. The Morgan fingerprint density at radius 3 is 2.58 bits per heavy atom. The van der Waals surface area contributed by atoms with E-state index in [1.165, 1.54) is 11.3 Å². The molecule has 4 rings (SSSR count). The lowest BCUT2D eigenvalue weighted by Gasteiger charge is -2.30. The van der Waals surface area contributed by atoms with Crippen molar-refractivity contribution in [3.8, 4) is 11.3 Å². The first-order valence-corrected chi connectivity index (χ1v) is 10.0. The van der Waals surface area contributed by atoms with Gasteiger partial charge in [-0.15, -0.1) is 11.3 Å². The van der Waals surface area contributed by atoms with Gasteiger partial charge in [-0.1, -0.05) is 29.3 Å². The van der Waals surface area contributed by atoms with Gasteiger partial charge in [0.15, 0.2) is 5.13 Å². The number of carbonyl (C=O) groups excluding carboxylic acids is 2. The molecule has 2 bridgehead atoms. The predicted molar refractivity (Wildman–Crippen MR) is 99.0 cm³/mol. The quantitative estimate of drug-likeness (QED) is 0.837. The highest BCUT2D eigenvalue weighted by atomic mass is 35.5. The molecule has 1 heterocycles. The van der Waals surface area contributed by atoms with E-state index in [9.17, 15) is 14.7 Å². The molecule has 0 aliphatic heterocycles. The molecule has 1 aromatic carbocycles. The summed E-state index contributed by atoms with van der Waals surface area (Å²) in [6, 6.07) is 5.21. The van der Waals surface area contributed by atoms with Crippen molar-refractivity contribution < 1.29 is 14.7 Å². The van der Waals surface area contributed by atoms with E-state index in [0.29, 0.717) is 20.9 Å². The predicted octanol–water partition coefficient (Wildman–Crippen LogP) is 3.47. The highest BCUT2D eigenvalue weighted by molar-refractivity contribution is 7.14. The van der Waals surface area contributed by atoms with Crippen LogP contribution in [0.5, 0.6) is 0 Å². The van der Waals surface area contributed by atoms with Gasteiger partial charge in [-0.3, -0.25) is 4.79 Å². The Morgan fingerprint density at radius 2 is 1.88 bits per heavy atom. The van der Waals surface area contributed by atoms with E-state index < -0.39 is 17.8 Å².